The van der Waals surface area contributed by atoms with Gasteiger partial charge in [-0.3, -0.25) is 4.79 Å². The minimum absolute atomic E-state index is 0.232. The first kappa shape index (κ1) is 9.34. The number of hydrogen-bond donors (Lipinski definition) is 0. The third-order valence-electron chi connectivity index (χ3n) is 2.87. The van der Waals surface area contributed by atoms with Crippen molar-refractivity contribution in [2.75, 3.05) is 19.6 Å². The monoisotopic (exact) mass is 194 g/mol. The van der Waals surface area contributed by atoms with E-state index >= 15 is 0 Å². The van der Waals surface area contributed by atoms with Gasteiger partial charge in [-0.15, -0.1) is 0 Å². The smallest absolute Gasteiger partial charge is 0.222 e. The number of carbonyl (C=O) groups excluding carboxylic acids is 1. The lowest BCUT2D eigenvalue weighted by atomic mass is 10.1. The molecule has 1 aliphatic carbocycles. The average Bonchev–Trinajstić information content (AvgIpc) is 2.90. The van der Waals surface area contributed by atoms with E-state index in [4.69, 9.17) is 5.53 Å². The van der Waals surface area contributed by atoms with E-state index in [0.717, 1.165) is 19.0 Å². The Morgan fingerprint density at radius 1 is 1.50 bits per heavy atom. The summed E-state index contributed by atoms with van der Waals surface area (Å²) in [5, 5.41) is 3.52. The van der Waals surface area contributed by atoms with Crippen LogP contribution in [0, 0.1) is 11.8 Å². The van der Waals surface area contributed by atoms with Gasteiger partial charge in [0.05, 0.1) is 0 Å². The second-order valence-electron chi connectivity index (χ2n) is 4.23. The first-order chi connectivity index (χ1) is 6.79. The van der Waals surface area contributed by atoms with E-state index in [0.29, 0.717) is 13.0 Å². The zero-order chi connectivity index (χ0) is 9.97. The van der Waals surface area contributed by atoms with Crippen LogP contribution in [0.5, 0.6) is 0 Å². The van der Waals surface area contributed by atoms with Crippen LogP contribution >= 0.6 is 0 Å². The molecule has 2 fully saturated rings. The summed E-state index contributed by atoms with van der Waals surface area (Å²) in [6, 6.07) is 0. The summed E-state index contributed by atoms with van der Waals surface area (Å²) in [7, 11) is 0. The summed E-state index contributed by atoms with van der Waals surface area (Å²) >= 11 is 0. The van der Waals surface area contributed by atoms with E-state index in [-0.39, 0.29) is 11.8 Å². The lowest BCUT2D eigenvalue weighted by Gasteiger charge is -2.15. The Morgan fingerprint density at radius 2 is 2.29 bits per heavy atom. The standard InChI is InChI=1S/C9H14N4O/c10-12-11-4-8-3-9(14)13(6-8)5-7-1-2-7/h7-8H,1-6H2. The molecule has 0 aromatic rings. The third-order valence-corrected chi connectivity index (χ3v) is 2.87. The topological polar surface area (TPSA) is 69.1 Å². The highest BCUT2D eigenvalue weighted by atomic mass is 16.2. The van der Waals surface area contributed by atoms with Crippen molar-refractivity contribution in [2.24, 2.45) is 17.0 Å². The van der Waals surface area contributed by atoms with Crippen LogP contribution in [0.15, 0.2) is 5.11 Å². The molecule has 1 saturated heterocycles. The van der Waals surface area contributed by atoms with Crippen molar-refractivity contribution in [3.05, 3.63) is 10.4 Å². The van der Waals surface area contributed by atoms with Crippen molar-refractivity contribution in [2.45, 2.75) is 19.3 Å². The summed E-state index contributed by atoms with van der Waals surface area (Å²) in [4.78, 5) is 16.1. The van der Waals surface area contributed by atoms with Crippen molar-refractivity contribution in [1.29, 1.82) is 0 Å². The molecule has 0 aromatic carbocycles. The lowest BCUT2D eigenvalue weighted by Crippen LogP contribution is -2.27. The normalized spacial score (nSPS) is 26.4. The molecule has 0 bridgehead atoms. The molecule has 14 heavy (non-hydrogen) atoms. The third kappa shape index (κ3) is 2.17. The van der Waals surface area contributed by atoms with Gasteiger partial charge >= 0.3 is 0 Å². The summed E-state index contributed by atoms with van der Waals surface area (Å²) in [5.74, 6) is 1.23. The van der Waals surface area contributed by atoms with Crippen LogP contribution in [0.1, 0.15) is 19.3 Å². The number of carbonyl (C=O) groups is 1. The summed E-state index contributed by atoms with van der Waals surface area (Å²) < 4.78 is 0. The summed E-state index contributed by atoms with van der Waals surface area (Å²) in [6.45, 7) is 2.17. The molecular formula is C9H14N4O. The zero-order valence-electron chi connectivity index (χ0n) is 8.09. The first-order valence-electron chi connectivity index (χ1n) is 5.08. The fourth-order valence-corrected chi connectivity index (χ4v) is 1.92. The number of nitrogens with zero attached hydrogens (tertiary/aromatic N) is 4. The molecule has 76 valence electrons. The largest absolute Gasteiger partial charge is 0.342 e. The van der Waals surface area contributed by atoms with Gasteiger partial charge in [0.2, 0.25) is 5.91 Å². The van der Waals surface area contributed by atoms with Crippen molar-refractivity contribution < 1.29 is 4.79 Å². The number of hydrogen-bond acceptors (Lipinski definition) is 2. The number of amides is 1. The van der Waals surface area contributed by atoms with Crippen LogP contribution in [0.3, 0.4) is 0 Å². The maximum absolute atomic E-state index is 11.5. The zero-order valence-corrected chi connectivity index (χ0v) is 8.09. The Kier molecular flexibility index (Phi) is 2.59. The maximum Gasteiger partial charge on any atom is 0.222 e. The lowest BCUT2D eigenvalue weighted by molar-refractivity contribution is -0.127. The van der Waals surface area contributed by atoms with Gasteiger partial charge in [-0.25, -0.2) is 0 Å². The number of likely N-dealkylation sites (tertiary alicyclic amines) is 1. The highest BCUT2D eigenvalue weighted by molar-refractivity contribution is 5.78. The van der Waals surface area contributed by atoms with Gasteiger partial charge in [-0.2, -0.15) is 0 Å². The molecule has 1 unspecified atom stereocenters. The predicted molar refractivity (Wildman–Crippen MR) is 51.4 cm³/mol. The van der Waals surface area contributed by atoms with Crippen LogP contribution in [-0.2, 0) is 4.79 Å². The van der Waals surface area contributed by atoms with E-state index < -0.39 is 0 Å². The van der Waals surface area contributed by atoms with Crippen LogP contribution < -0.4 is 0 Å². The molecule has 0 radical (unpaired) electrons. The fourth-order valence-electron chi connectivity index (χ4n) is 1.92. The highest BCUT2D eigenvalue weighted by Crippen LogP contribution is 2.31. The Labute approximate surface area is 82.7 Å². The van der Waals surface area contributed by atoms with Gasteiger partial charge in [0.15, 0.2) is 0 Å². The van der Waals surface area contributed by atoms with Crippen LogP contribution in [0.4, 0.5) is 0 Å². The van der Waals surface area contributed by atoms with Gasteiger partial charge in [0, 0.05) is 31.0 Å². The quantitative estimate of drug-likeness (QED) is 0.380. The predicted octanol–water partition coefficient (Wildman–Crippen LogP) is 1.56. The van der Waals surface area contributed by atoms with Crippen LogP contribution in [0.2, 0.25) is 0 Å². The molecule has 2 rings (SSSR count). The average molecular weight is 194 g/mol. The molecule has 0 N–H and O–H groups in total. The second kappa shape index (κ2) is 3.88. The van der Waals surface area contributed by atoms with Crippen LogP contribution in [0.25, 0.3) is 10.4 Å². The maximum atomic E-state index is 11.5. The van der Waals surface area contributed by atoms with Crippen molar-refractivity contribution in [1.82, 2.24) is 4.90 Å². The minimum atomic E-state index is 0.232. The van der Waals surface area contributed by atoms with E-state index in [1.807, 2.05) is 4.90 Å². The van der Waals surface area contributed by atoms with E-state index in [2.05, 4.69) is 10.0 Å². The molecule has 5 heteroatoms. The Hall–Kier alpha value is -1.22. The molecule has 5 nitrogen and oxygen atoms in total. The van der Waals surface area contributed by atoms with Crippen molar-refractivity contribution >= 4 is 5.91 Å². The van der Waals surface area contributed by atoms with E-state index in [1.165, 1.54) is 12.8 Å². The fraction of sp³-hybridized carbons (Fsp3) is 0.889. The summed E-state index contributed by atoms with van der Waals surface area (Å²) in [6.07, 6.45) is 3.10. The highest BCUT2D eigenvalue weighted by Gasteiger charge is 2.33. The summed E-state index contributed by atoms with van der Waals surface area (Å²) in [5.41, 5.74) is 8.17. The SMILES string of the molecule is [N-]=[N+]=NCC1CC(=O)N(CC2CC2)C1. The molecule has 1 atom stereocenters. The molecule has 0 aromatic heterocycles. The Bertz CT molecular complexity index is 281. The molecule has 1 amide bonds. The van der Waals surface area contributed by atoms with Gasteiger partial charge in [0.1, 0.15) is 0 Å². The minimum Gasteiger partial charge on any atom is -0.342 e. The number of rotatable bonds is 4. The van der Waals surface area contributed by atoms with E-state index in [9.17, 15) is 4.79 Å². The van der Waals surface area contributed by atoms with Crippen LogP contribution in [-0.4, -0.2) is 30.4 Å². The molecule has 1 heterocycles. The molecule has 2 aliphatic rings. The molecule has 1 saturated carbocycles. The van der Waals surface area contributed by atoms with Gasteiger partial charge in [-0.05, 0) is 30.2 Å². The first-order valence-corrected chi connectivity index (χ1v) is 5.08. The van der Waals surface area contributed by atoms with Crippen molar-refractivity contribution in [3.63, 3.8) is 0 Å². The van der Waals surface area contributed by atoms with Gasteiger partial charge in [0.25, 0.3) is 0 Å². The van der Waals surface area contributed by atoms with Crippen molar-refractivity contribution in [3.8, 4) is 0 Å². The Morgan fingerprint density at radius 3 is 2.93 bits per heavy atom. The molecular weight excluding hydrogens is 180 g/mol. The van der Waals surface area contributed by atoms with E-state index in [1.54, 1.807) is 0 Å². The van der Waals surface area contributed by atoms with Gasteiger partial charge < -0.3 is 4.90 Å². The number of azide groups is 1. The Balaban J connectivity index is 1.82. The molecule has 0 spiro atoms. The second-order valence-corrected chi connectivity index (χ2v) is 4.23. The van der Waals surface area contributed by atoms with Gasteiger partial charge in [-0.1, -0.05) is 5.11 Å². The molecule has 1 aliphatic heterocycles.